The van der Waals surface area contributed by atoms with Crippen LogP contribution in [0.5, 0.6) is 0 Å². The zero-order valence-corrected chi connectivity index (χ0v) is 15.6. The number of benzene rings is 1. The molecule has 0 spiro atoms. The van der Waals surface area contributed by atoms with E-state index in [1.54, 1.807) is 6.04 Å². The van der Waals surface area contributed by atoms with Crippen molar-refractivity contribution in [3.8, 4) is 11.1 Å². The maximum Gasteiger partial charge on any atom is 0.0565 e. The monoisotopic (exact) mass is 349 g/mol. The Morgan fingerprint density at radius 3 is 2.81 bits per heavy atom. The third-order valence-corrected chi connectivity index (χ3v) is 6.55. The lowest BCUT2D eigenvalue weighted by Crippen LogP contribution is -2.32. The van der Waals surface area contributed by atoms with E-state index >= 15 is 0 Å². The highest BCUT2D eigenvalue weighted by Crippen LogP contribution is 2.36. The van der Waals surface area contributed by atoms with Crippen LogP contribution in [0.3, 0.4) is 0 Å². The molecule has 1 unspecified atom stereocenters. The largest absolute Gasteiger partial charge is 0.371 e. The van der Waals surface area contributed by atoms with Crippen LogP contribution < -0.4 is 4.90 Å². The molecule has 1 aromatic carbocycles. The number of hydrogen-bond donors (Lipinski definition) is 1. The number of anilines is 1. The van der Waals surface area contributed by atoms with Crippen molar-refractivity contribution in [2.24, 2.45) is 5.92 Å². The summed E-state index contributed by atoms with van der Waals surface area (Å²) in [5.74, 6) is 0.823. The number of hydrogen-bond acceptors (Lipinski definition) is 3. The second kappa shape index (κ2) is 7.07. The molecule has 1 atom stereocenters. The highest BCUT2D eigenvalue weighted by Gasteiger charge is 2.31. The zero-order chi connectivity index (χ0) is 17.3. The lowest BCUT2D eigenvalue weighted by molar-refractivity contribution is 0.276. The van der Waals surface area contributed by atoms with Crippen molar-refractivity contribution in [2.45, 2.75) is 44.9 Å². The third-order valence-electron chi connectivity index (χ3n) is 6.55. The molecule has 4 heteroatoms. The van der Waals surface area contributed by atoms with Crippen molar-refractivity contribution in [3.63, 3.8) is 0 Å². The van der Waals surface area contributed by atoms with Crippen molar-refractivity contribution in [1.82, 2.24) is 15.1 Å². The summed E-state index contributed by atoms with van der Waals surface area (Å²) in [5.41, 5.74) is 5.42. The van der Waals surface area contributed by atoms with Crippen LogP contribution in [0.15, 0.2) is 30.6 Å². The average molecular weight is 350 g/mol. The van der Waals surface area contributed by atoms with E-state index in [2.05, 4.69) is 38.2 Å². The van der Waals surface area contributed by atoms with Crippen LogP contribution in [-0.4, -0.2) is 41.3 Å². The summed E-state index contributed by atoms with van der Waals surface area (Å²) in [7, 11) is 0. The van der Waals surface area contributed by atoms with Gasteiger partial charge in [0.15, 0.2) is 0 Å². The van der Waals surface area contributed by atoms with E-state index in [9.17, 15) is 0 Å². The van der Waals surface area contributed by atoms with Gasteiger partial charge in [0.05, 0.1) is 6.20 Å². The molecule has 2 fully saturated rings. The minimum Gasteiger partial charge on any atom is -0.371 e. The van der Waals surface area contributed by atoms with E-state index in [0.29, 0.717) is 0 Å². The maximum atomic E-state index is 4.08. The van der Waals surface area contributed by atoms with Crippen LogP contribution >= 0.6 is 0 Å². The van der Waals surface area contributed by atoms with Crippen LogP contribution in [0.4, 0.5) is 5.69 Å². The number of aromatic amines is 1. The standard InChI is InChI=1S/C22H29N4/c1-2-4-21(5-3-1)25-10-8-17(15-25)16-26-11-9-19-12-18(6-7-22(19)26)20-13-23-24-14-20/h6-7,12-14,17H,1-5,8-11,15-16H2,(H,23,24). The Balaban J connectivity index is 1.23. The molecule has 1 N–H and O–H groups in total. The molecular formula is C22H29N4. The first-order valence-corrected chi connectivity index (χ1v) is 10.3. The predicted octanol–water partition coefficient (Wildman–Crippen LogP) is 4.26. The number of rotatable bonds is 4. The molecule has 1 radical (unpaired) electrons. The first kappa shape index (κ1) is 16.4. The summed E-state index contributed by atoms with van der Waals surface area (Å²) >= 11 is 0. The minimum absolute atomic E-state index is 0.823. The number of fused-ring (bicyclic) bond motifs is 1. The summed E-state index contributed by atoms with van der Waals surface area (Å²) in [6.07, 6.45) is 13.4. The van der Waals surface area contributed by atoms with Gasteiger partial charge in [0, 0.05) is 43.1 Å². The van der Waals surface area contributed by atoms with Crippen molar-refractivity contribution in [1.29, 1.82) is 0 Å². The molecule has 3 heterocycles. The van der Waals surface area contributed by atoms with Crippen molar-refractivity contribution in [2.75, 3.05) is 31.1 Å². The summed E-state index contributed by atoms with van der Waals surface area (Å²) in [6, 6.07) is 8.69. The minimum atomic E-state index is 0.823. The van der Waals surface area contributed by atoms with Gasteiger partial charge in [0.1, 0.15) is 0 Å². The number of H-pyrrole nitrogens is 1. The Morgan fingerprint density at radius 2 is 1.96 bits per heavy atom. The molecule has 2 aliphatic heterocycles. The Kier molecular flexibility index (Phi) is 4.45. The fourth-order valence-corrected chi connectivity index (χ4v) is 5.10. The molecule has 1 saturated heterocycles. The van der Waals surface area contributed by atoms with Gasteiger partial charge in [0.2, 0.25) is 0 Å². The van der Waals surface area contributed by atoms with Gasteiger partial charge >= 0.3 is 0 Å². The molecule has 137 valence electrons. The molecule has 26 heavy (non-hydrogen) atoms. The lowest BCUT2D eigenvalue weighted by Gasteiger charge is -2.30. The quantitative estimate of drug-likeness (QED) is 0.896. The molecule has 5 rings (SSSR count). The van der Waals surface area contributed by atoms with Crippen molar-refractivity contribution >= 4 is 5.69 Å². The van der Waals surface area contributed by atoms with Crippen LogP contribution in [0.25, 0.3) is 11.1 Å². The highest BCUT2D eigenvalue weighted by atomic mass is 15.2. The van der Waals surface area contributed by atoms with Crippen LogP contribution in [-0.2, 0) is 6.42 Å². The highest BCUT2D eigenvalue weighted by molar-refractivity contribution is 5.69. The fraction of sp³-hybridized carbons (Fsp3) is 0.545. The fourth-order valence-electron chi connectivity index (χ4n) is 5.10. The third kappa shape index (κ3) is 3.16. The average Bonchev–Trinajstić information content (AvgIpc) is 3.44. The van der Waals surface area contributed by atoms with E-state index in [-0.39, 0.29) is 0 Å². The second-order valence-electron chi connectivity index (χ2n) is 8.25. The summed E-state index contributed by atoms with van der Waals surface area (Å²) in [4.78, 5) is 5.36. The van der Waals surface area contributed by atoms with Gasteiger partial charge in [-0.05, 0) is 61.4 Å². The van der Waals surface area contributed by atoms with Crippen LogP contribution in [0, 0.1) is 12.0 Å². The Hall–Kier alpha value is -1.81. The van der Waals surface area contributed by atoms with Gasteiger partial charge in [0.25, 0.3) is 0 Å². The number of nitrogens with zero attached hydrogens (tertiary/aromatic N) is 3. The Morgan fingerprint density at radius 1 is 1.04 bits per heavy atom. The first-order valence-electron chi connectivity index (χ1n) is 10.3. The first-order chi connectivity index (χ1) is 12.9. The zero-order valence-electron chi connectivity index (χ0n) is 15.6. The second-order valence-corrected chi connectivity index (χ2v) is 8.25. The van der Waals surface area contributed by atoms with E-state index < -0.39 is 0 Å². The van der Waals surface area contributed by atoms with Crippen molar-refractivity contribution < 1.29 is 0 Å². The molecule has 0 amide bonds. The lowest BCUT2D eigenvalue weighted by atomic mass is 9.94. The van der Waals surface area contributed by atoms with Gasteiger partial charge in [-0.25, -0.2) is 0 Å². The van der Waals surface area contributed by atoms with Crippen LogP contribution in [0.2, 0.25) is 0 Å². The van der Waals surface area contributed by atoms with E-state index in [1.807, 2.05) is 12.4 Å². The topological polar surface area (TPSA) is 35.2 Å². The van der Waals surface area contributed by atoms with Crippen LogP contribution in [0.1, 0.15) is 44.1 Å². The van der Waals surface area contributed by atoms with Gasteiger partial charge in [-0.15, -0.1) is 0 Å². The smallest absolute Gasteiger partial charge is 0.0565 e. The summed E-state index contributed by atoms with van der Waals surface area (Å²) in [5, 5.41) is 7.00. The molecule has 0 bridgehead atoms. The molecule has 1 aliphatic carbocycles. The van der Waals surface area contributed by atoms with Gasteiger partial charge < -0.3 is 4.90 Å². The Labute approximate surface area is 156 Å². The SMILES string of the molecule is c1cc2c(cc1-c1cn[nH]c1)CCN2CC1CCN([C]2CCCCC2)C1. The van der Waals surface area contributed by atoms with E-state index in [1.165, 1.54) is 93.5 Å². The normalized spacial score (nSPS) is 24.3. The number of aromatic nitrogens is 2. The van der Waals surface area contributed by atoms with Gasteiger partial charge in [-0.2, -0.15) is 5.10 Å². The molecular weight excluding hydrogens is 320 g/mol. The predicted molar refractivity (Wildman–Crippen MR) is 106 cm³/mol. The molecule has 1 saturated carbocycles. The Bertz CT molecular complexity index is 733. The molecule has 3 aliphatic rings. The number of likely N-dealkylation sites (tertiary alicyclic amines) is 1. The molecule has 2 aromatic rings. The maximum absolute atomic E-state index is 4.08. The van der Waals surface area contributed by atoms with E-state index in [4.69, 9.17) is 0 Å². The summed E-state index contributed by atoms with van der Waals surface area (Å²) < 4.78 is 0. The van der Waals surface area contributed by atoms with Gasteiger partial charge in [-0.3, -0.25) is 10.00 Å². The number of nitrogens with one attached hydrogen (secondary N) is 1. The van der Waals surface area contributed by atoms with Crippen molar-refractivity contribution in [3.05, 3.63) is 42.2 Å². The molecule has 4 nitrogen and oxygen atoms in total. The molecule has 1 aromatic heterocycles. The van der Waals surface area contributed by atoms with Gasteiger partial charge in [-0.1, -0.05) is 25.3 Å². The van der Waals surface area contributed by atoms with E-state index in [0.717, 1.165) is 5.92 Å². The summed E-state index contributed by atoms with van der Waals surface area (Å²) in [6.45, 7) is 4.98.